The molecule has 118 valence electrons. The molecule has 0 radical (unpaired) electrons. The van der Waals surface area contributed by atoms with E-state index in [0.717, 1.165) is 16.0 Å². The molecular formula is C15H19N3O4. The topological polar surface area (TPSA) is 75.4 Å². The Labute approximate surface area is 128 Å². The minimum absolute atomic E-state index is 0.192. The van der Waals surface area contributed by atoms with Crippen molar-refractivity contribution in [2.24, 2.45) is 0 Å². The summed E-state index contributed by atoms with van der Waals surface area (Å²) in [5.41, 5.74) is 0.448. The molecule has 0 spiro atoms. The normalized spacial score (nSPS) is 10.5. The maximum absolute atomic E-state index is 12.3. The van der Waals surface area contributed by atoms with Crippen LogP contribution in [0.4, 0.5) is 0 Å². The van der Waals surface area contributed by atoms with Crippen LogP contribution in [-0.2, 0) is 22.6 Å². The number of methoxy groups -OCH3 is 1. The van der Waals surface area contributed by atoms with E-state index >= 15 is 0 Å². The van der Waals surface area contributed by atoms with Crippen LogP contribution in [0.2, 0.25) is 0 Å². The molecule has 7 nitrogen and oxygen atoms in total. The van der Waals surface area contributed by atoms with Crippen LogP contribution in [0.5, 0.6) is 5.75 Å². The minimum Gasteiger partial charge on any atom is -0.497 e. The third-order valence-corrected chi connectivity index (χ3v) is 3.17. The van der Waals surface area contributed by atoms with Gasteiger partial charge in [-0.15, -0.1) is 5.10 Å². The predicted octanol–water partition coefficient (Wildman–Crippen LogP) is 1.30. The summed E-state index contributed by atoms with van der Waals surface area (Å²) in [7, 11) is 1.59. The molecule has 0 aliphatic rings. The number of ether oxygens (including phenoxy) is 2. The molecule has 0 aliphatic carbocycles. The fourth-order valence-electron chi connectivity index (χ4n) is 2.11. The van der Waals surface area contributed by atoms with Crippen molar-refractivity contribution in [1.29, 1.82) is 0 Å². The molecule has 0 saturated carbocycles. The Morgan fingerprint density at radius 3 is 2.45 bits per heavy atom. The number of hydrogen-bond donors (Lipinski definition) is 0. The van der Waals surface area contributed by atoms with E-state index < -0.39 is 5.97 Å². The number of aromatic nitrogens is 3. The molecule has 0 unspecified atom stereocenters. The van der Waals surface area contributed by atoms with E-state index in [1.54, 1.807) is 26.2 Å². The van der Waals surface area contributed by atoms with E-state index in [-0.39, 0.29) is 18.8 Å². The molecule has 1 aromatic heterocycles. The van der Waals surface area contributed by atoms with E-state index in [1.807, 2.05) is 19.1 Å². The molecular weight excluding hydrogens is 286 g/mol. The Morgan fingerprint density at radius 2 is 1.91 bits per heavy atom. The standard InChI is InChI=1S/C15H19N3O4/c1-4-17-14(11-6-8-12(21-3)9-7-11)16-18(15(17)20)10-13(19)22-5-2/h6-9H,4-5,10H2,1-3H3. The summed E-state index contributed by atoms with van der Waals surface area (Å²) in [5.74, 6) is 0.756. The minimum atomic E-state index is -0.480. The maximum atomic E-state index is 12.3. The summed E-state index contributed by atoms with van der Waals surface area (Å²) < 4.78 is 12.6. The second-order valence-electron chi connectivity index (χ2n) is 4.54. The summed E-state index contributed by atoms with van der Waals surface area (Å²) >= 11 is 0. The van der Waals surface area contributed by atoms with Gasteiger partial charge in [-0.25, -0.2) is 9.48 Å². The summed E-state index contributed by atoms with van der Waals surface area (Å²) in [6.45, 7) is 4.11. The van der Waals surface area contributed by atoms with Crippen molar-refractivity contribution in [3.05, 3.63) is 34.7 Å². The number of nitrogens with zero attached hydrogens (tertiary/aromatic N) is 3. The zero-order valence-electron chi connectivity index (χ0n) is 12.9. The Morgan fingerprint density at radius 1 is 1.23 bits per heavy atom. The van der Waals surface area contributed by atoms with Crippen LogP contribution in [0.25, 0.3) is 11.4 Å². The highest BCUT2D eigenvalue weighted by Crippen LogP contribution is 2.19. The van der Waals surface area contributed by atoms with Crippen LogP contribution >= 0.6 is 0 Å². The molecule has 0 N–H and O–H groups in total. The third kappa shape index (κ3) is 3.19. The lowest BCUT2D eigenvalue weighted by molar-refractivity contribution is -0.144. The van der Waals surface area contributed by atoms with Gasteiger partial charge in [0.2, 0.25) is 0 Å². The van der Waals surface area contributed by atoms with Crippen LogP contribution in [0.3, 0.4) is 0 Å². The molecule has 0 aliphatic heterocycles. The smallest absolute Gasteiger partial charge is 0.346 e. The zero-order chi connectivity index (χ0) is 16.1. The van der Waals surface area contributed by atoms with Gasteiger partial charge in [0.1, 0.15) is 12.3 Å². The average Bonchev–Trinajstić information content (AvgIpc) is 2.83. The average molecular weight is 305 g/mol. The Bertz CT molecular complexity index is 701. The lowest BCUT2D eigenvalue weighted by Gasteiger charge is -2.03. The van der Waals surface area contributed by atoms with Gasteiger partial charge in [-0.3, -0.25) is 9.36 Å². The van der Waals surface area contributed by atoms with Gasteiger partial charge in [0.05, 0.1) is 13.7 Å². The third-order valence-electron chi connectivity index (χ3n) is 3.17. The number of esters is 1. The van der Waals surface area contributed by atoms with Crippen molar-refractivity contribution in [3.8, 4) is 17.1 Å². The predicted molar refractivity (Wildman–Crippen MR) is 80.8 cm³/mol. The van der Waals surface area contributed by atoms with Crippen molar-refractivity contribution in [1.82, 2.24) is 14.3 Å². The summed E-state index contributed by atoms with van der Waals surface area (Å²) in [6.07, 6.45) is 0. The van der Waals surface area contributed by atoms with E-state index in [4.69, 9.17) is 9.47 Å². The molecule has 1 heterocycles. The largest absolute Gasteiger partial charge is 0.497 e. The molecule has 0 bridgehead atoms. The monoisotopic (exact) mass is 305 g/mol. The van der Waals surface area contributed by atoms with Crippen LogP contribution in [0.1, 0.15) is 13.8 Å². The van der Waals surface area contributed by atoms with Crippen LogP contribution in [-0.4, -0.2) is 34.0 Å². The van der Waals surface area contributed by atoms with E-state index in [9.17, 15) is 9.59 Å². The number of carbonyl (C=O) groups is 1. The lowest BCUT2D eigenvalue weighted by atomic mass is 10.2. The molecule has 7 heteroatoms. The van der Waals surface area contributed by atoms with E-state index in [0.29, 0.717) is 12.4 Å². The van der Waals surface area contributed by atoms with Gasteiger partial charge < -0.3 is 9.47 Å². The Hall–Kier alpha value is -2.57. The highest BCUT2D eigenvalue weighted by Gasteiger charge is 2.16. The van der Waals surface area contributed by atoms with Gasteiger partial charge >= 0.3 is 11.7 Å². The molecule has 1 aromatic carbocycles. The van der Waals surface area contributed by atoms with E-state index in [2.05, 4.69) is 5.10 Å². The highest BCUT2D eigenvalue weighted by atomic mass is 16.5. The van der Waals surface area contributed by atoms with Crippen molar-refractivity contribution >= 4 is 5.97 Å². The second-order valence-corrected chi connectivity index (χ2v) is 4.54. The highest BCUT2D eigenvalue weighted by molar-refractivity contribution is 5.69. The van der Waals surface area contributed by atoms with Crippen LogP contribution in [0.15, 0.2) is 29.1 Å². The summed E-state index contributed by atoms with van der Waals surface area (Å²) in [6, 6.07) is 7.23. The van der Waals surface area contributed by atoms with Gasteiger partial charge in [0.25, 0.3) is 0 Å². The molecule has 0 saturated heterocycles. The maximum Gasteiger partial charge on any atom is 0.346 e. The molecule has 2 rings (SSSR count). The molecule has 22 heavy (non-hydrogen) atoms. The van der Waals surface area contributed by atoms with Crippen molar-refractivity contribution in [3.63, 3.8) is 0 Å². The van der Waals surface area contributed by atoms with Gasteiger partial charge in [0.15, 0.2) is 5.82 Å². The molecule has 2 aromatic rings. The summed E-state index contributed by atoms with van der Waals surface area (Å²) in [4.78, 5) is 23.8. The first-order valence-corrected chi connectivity index (χ1v) is 7.08. The first-order valence-electron chi connectivity index (χ1n) is 7.08. The fraction of sp³-hybridized carbons (Fsp3) is 0.400. The lowest BCUT2D eigenvalue weighted by Crippen LogP contribution is -2.28. The van der Waals surface area contributed by atoms with Crippen molar-refractivity contribution in [2.45, 2.75) is 26.9 Å². The Balaban J connectivity index is 2.38. The number of rotatable bonds is 6. The Kier molecular flexibility index (Phi) is 4.98. The first kappa shape index (κ1) is 15.8. The van der Waals surface area contributed by atoms with E-state index in [1.165, 1.54) is 4.57 Å². The van der Waals surface area contributed by atoms with Crippen LogP contribution in [0, 0.1) is 0 Å². The zero-order valence-corrected chi connectivity index (χ0v) is 12.9. The number of benzene rings is 1. The van der Waals surface area contributed by atoms with Gasteiger partial charge in [-0.2, -0.15) is 0 Å². The molecule has 0 fully saturated rings. The van der Waals surface area contributed by atoms with Gasteiger partial charge in [0, 0.05) is 12.1 Å². The first-order chi connectivity index (χ1) is 10.6. The number of hydrogen-bond acceptors (Lipinski definition) is 5. The van der Waals surface area contributed by atoms with Gasteiger partial charge in [-0.1, -0.05) is 0 Å². The quantitative estimate of drug-likeness (QED) is 0.752. The summed E-state index contributed by atoms with van der Waals surface area (Å²) in [5, 5.41) is 4.25. The van der Waals surface area contributed by atoms with Crippen molar-refractivity contribution < 1.29 is 14.3 Å². The molecule has 0 atom stereocenters. The number of carbonyl (C=O) groups excluding carboxylic acids is 1. The molecule has 0 amide bonds. The van der Waals surface area contributed by atoms with Crippen LogP contribution < -0.4 is 10.4 Å². The SMILES string of the molecule is CCOC(=O)Cn1nc(-c2ccc(OC)cc2)n(CC)c1=O. The fourth-order valence-corrected chi connectivity index (χ4v) is 2.11. The van der Waals surface area contributed by atoms with Crippen molar-refractivity contribution in [2.75, 3.05) is 13.7 Å². The second kappa shape index (κ2) is 6.93. The van der Waals surface area contributed by atoms with Gasteiger partial charge in [-0.05, 0) is 38.1 Å².